The summed E-state index contributed by atoms with van der Waals surface area (Å²) in [5, 5.41) is 8.61. The van der Waals surface area contributed by atoms with E-state index in [1.165, 1.54) is 17.9 Å². The van der Waals surface area contributed by atoms with E-state index >= 15 is 0 Å². The van der Waals surface area contributed by atoms with Gasteiger partial charge in [-0.05, 0) is 23.7 Å². The minimum absolute atomic E-state index is 0.205. The van der Waals surface area contributed by atoms with Crippen LogP contribution in [-0.2, 0) is 4.79 Å². The zero-order chi connectivity index (χ0) is 10.1. The summed E-state index contributed by atoms with van der Waals surface area (Å²) in [5.41, 5.74) is 0. The Hall–Kier alpha value is 0.170. The summed E-state index contributed by atoms with van der Waals surface area (Å²) in [6.07, 6.45) is 1.19. The lowest BCUT2D eigenvalue weighted by molar-refractivity contribution is -0.140. The number of carboxylic acids is 1. The van der Waals surface area contributed by atoms with Gasteiger partial charge >= 0.3 is 5.97 Å². The minimum Gasteiger partial charge on any atom is -0.481 e. The Morgan fingerprint density at radius 1 is 1.38 bits per heavy atom. The average Bonchev–Trinajstić information content (AvgIpc) is 2.10. The molecule has 0 bridgehead atoms. The number of carbonyl (C=O) groups is 1. The van der Waals surface area contributed by atoms with E-state index in [-0.39, 0.29) is 5.92 Å². The summed E-state index contributed by atoms with van der Waals surface area (Å²) in [6.45, 7) is 3.92. The van der Waals surface area contributed by atoms with Crippen LogP contribution in [0.5, 0.6) is 0 Å². The molecule has 0 fully saturated rings. The molecule has 0 heterocycles. The molecule has 1 N–H and O–H groups in total. The van der Waals surface area contributed by atoms with Gasteiger partial charge in [0.2, 0.25) is 0 Å². The molecule has 0 aliphatic heterocycles. The molecule has 78 valence electrons. The Morgan fingerprint density at radius 2 is 2.00 bits per heavy atom. The lowest BCUT2D eigenvalue weighted by Crippen LogP contribution is -2.12. The average molecular weight is 222 g/mol. The van der Waals surface area contributed by atoms with E-state index in [0.29, 0.717) is 0 Å². The second-order valence-corrected chi connectivity index (χ2v) is 5.41. The van der Waals surface area contributed by atoms with E-state index in [9.17, 15) is 4.79 Å². The standard InChI is InChI=1S/C9H18O2S2/c1-3-12-5-4-6-13-7-8(2)9(10)11/h8H,3-7H2,1-2H3,(H,10,11). The fourth-order valence-corrected chi connectivity index (χ4v) is 2.57. The first-order valence-corrected chi connectivity index (χ1v) is 6.87. The number of thioether (sulfide) groups is 2. The van der Waals surface area contributed by atoms with Crippen LogP contribution in [0.2, 0.25) is 0 Å². The summed E-state index contributed by atoms with van der Waals surface area (Å²) in [7, 11) is 0. The Morgan fingerprint density at radius 3 is 2.54 bits per heavy atom. The zero-order valence-electron chi connectivity index (χ0n) is 8.28. The topological polar surface area (TPSA) is 37.3 Å². The molecule has 0 aliphatic carbocycles. The predicted octanol–water partition coefficient (Wildman–Crippen LogP) is 2.58. The van der Waals surface area contributed by atoms with E-state index in [4.69, 9.17) is 5.11 Å². The molecule has 0 rings (SSSR count). The van der Waals surface area contributed by atoms with Crippen molar-refractivity contribution in [3.05, 3.63) is 0 Å². The fraction of sp³-hybridized carbons (Fsp3) is 0.889. The van der Waals surface area contributed by atoms with Gasteiger partial charge in [-0.25, -0.2) is 0 Å². The van der Waals surface area contributed by atoms with Gasteiger partial charge in [0.25, 0.3) is 0 Å². The lowest BCUT2D eigenvalue weighted by atomic mass is 10.2. The smallest absolute Gasteiger partial charge is 0.307 e. The fourth-order valence-electron chi connectivity index (χ4n) is 0.739. The molecule has 0 amide bonds. The lowest BCUT2D eigenvalue weighted by Gasteiger charge is -2.04. The van der Waals surface area contributed by atoms with Crippen molar-refractivity contribution in [2.75, 3.05) is 23.0 Å². The normalized spacial score (nSPS) is 12.8. The summed E-state index contributed by atoms with van der Waals surface area (Å²) in [4.78, 5) is 10.4. The van der Waals surface area contributed by atoms with Crippen molar-refractivity contribution in [1.82, 2.24) is 0 Å². The first-order chi connectivity index (χ1) is 6.18. The monoisotopic (exact) mass is 222 g/mol. The van der Waals surface area contributed by atoms with Gasteiger partial charge in [-0.1, -0.05) is 13.8 Å². The SMILES string of the molecule is CCSCCCSCC(C)C(=O)O. The van der Waals surface area contributed by atoms with Gasteiger partial charge in [0.15, 0.2) is 0 Å². The number of carboxylic acid groups (broad SMARTS) is 1. The number of hydrogen-bond acceptors (Lipinski definition) is 3. The molecule has 1 atom stereocenters. The van der Waals surface area contributed by atoms with Crippen molar-refractivity contribution in [2.24, 2.45) is 5.92 Å². The Kier molecular flexibility index (Phi) is 8.87. The summed E-state index contributed by atoms with van der Waals surface area (Å²) in [5.74, 6) is 3.32. The summed E-state index contributed by atoms with van der Waals surface area (Å²) in [6, 6.07) is 0. The number of rotatable bonds is 8. The zero-order valence-corrected chi connectivity index (χ0v) is 9.92. The number of hydrogen-bond donors (Lipinski definition) is 1. The van der Waals surface area contributed by atoms with Crippen molar-refractivity contribution in [1.29, 1.82) is 0 Å². The van der Waals surface area contributed by atoms with Gasteiger partial charge in [-0.15, -0.1) is 0 Å². The van der Waals surface area contributed by atoms with E-state index in [1.807, 2.05) is 11.8 Å². The van der Waals surface area contributed by atoms with Crippen LogP contribution in [0, 0.1) is 5.92 Å². The molecule has 13 heavy (non-hydrogen) atoms. The number of aliphatic carboxylic acids is 1. The van der Waals surface area contributed by atoms with Crippen molar-refractivity contribution in [2.45, 2.75) is 20.3 Å². The Bertz CT molecular complexity index is 140. The third kappa shape index (κ3) is 8.50. The molecule has 0 aromatic rings. The second kappa shape index (κ2) is 8.75. The van der Waals surface area contributed by atoms with E-state index in [1.54, 1.807) is 18.7 Å². The van der Waals surface area contributed by atoms with Gasteiger partial charge in [-0.3, -0.25) is 4.79 Å². The molecule has 1 unspecified atom stereocenters. The van der Waals surface area contributed by atoms with Crippen LogP contribution in [0.4, 0.5) is 0 Å². The van der Waals surface area contributed by atoms with Gasteiger partial charge in [-0.2, -0.15) is 23.5 Å². The highest BCUT2D eigenvalue weighted by Crippen LogP contribution is 2.11. The molecule has 0 aliphatic rings. The highest BCUT2D eigenvalue weighted by Gasteiger charge is 2.09. The first kappa shape index (κ1) is 13.2. The van der Waals surface area contributed by atoms with Crippen LogP contribution in [0.15, 0.2) is 0 Å². The van der Waals surface area contributed by atoms with E-state index in [0.717, 1.165) is 11.5 Å². The van der Waals surface area contributed by atoms with Crippen LogP contribution in [-0.4, -0.2) is 34.1 Å². The molecular weight excluding hydrogens is 204 g/mol. The van der Waals surface area contributed by atoms with Gasteiger partial charge in [0, 0.05) is 5.75 Å². The molecule has 0 spiro atoms. The van der Waals surface area contributed by atoms with Crippen LogP contribution in [0.25, 0.3) is 0 Å². The first-order valence-electron chi connectivity index (χ1n) is 4.56. The third-order valence-corrected chi connectivity index (χ3v) is 3.87. The van der Waals surface area contributed by atoms with Crippen molar-refractivity contribution >= 4 is 29.5 Å². The Labute approximate surface area is 88.9 Å². The van der Waals surface area contributed by atoms with Crippen LogP contribution >= 0.6 is 23.5 Å². The molecule has 2 nitrogen and oxygen atoms in total. The molecule has 0 saturated heterocycles. The summed E-state index contributed by atoms with van der Waals surface area (Å²) >= 11 is 3.69. The third-order valence-electron chi connectivity index (χ3n) is 1.57. The van der Waals surface area contributed by atoms with Crippen molar-refractivity contribution in [3.63, 3.8) is 0 Å². The highest BCUT2D eigenvalue weighted by atomic mass is 32.2. The molecule has 0 aromatic carbocycles. The maximum Gasteiger partial charge on any atom is 0.307 e. The van der Waals surface area contributed by atoms with Crippen LogP contribution in [0.3, 0.4) is 0 Å². The van der Waals surface area contributed by atoms with E-state index in [2.05, 4.69) is 6.92 Å². The molecule has 0 saturated carbocycles. The van der Waals surface area contributed by atoms with E-state index < -0.39 is 5.97 Å². The van der Waals surface area contributed by atoms with Crippen molar-refractivity contribution in [3.8, 4) is 0 Å². The van der Waals surface area contributed by atoms with Gasteiger partial charge < -0.3 is 5.11 Å². The molecule has 0 radical (unpaired) electrons. The molecule has 0 aromatic heterocycles. The maximum absolute atomic E-state index is 10.4. The quantitative estimate of drug-likeness (QED) is 0.641. The largest absolute Gasteiger partial charge is 0.481 e. The minimum atomic E-state index is -0.685. The molecular formula is C9H18O2S2. The van der Waals surface area contributed by atoms with Crippen molar-refractivity contribution < 1.29 is 9.90 Å². The second-order valence-electron chi connectivity index (χ2n) is 2.86. The van der Waals surface area contributed by atoms with Gasteiger partial charge in [0.1, 0.15) is 0 Å². The Balaban J connectivity index is 3.11. The molecule has 4 heteroatoms. The van der Waals surface area contributed by atoms with Crippen LogP contribution in [0.1, 0.15) is 20.3 Å². The maximum atomic E-state index is 10.4. The highest BCUT2D eigenvalue weighted by molar-refractivity contribution is 8.00. The van der Waals surface area contributed by atoms with Crippen LogP contribution < -0.4 is 0 Å². The summed E-state index contributed by atoms with van der Waals surface area (Å²) < 4.78 is 0. The van der Waals surface area contributed by atoms with Gasteiger partial charge in [0.05, 0.1) is 5.92 Å². The predicted molar refractivity (Wildman–Crippen MR) is 61.7 cm³/mol.